The summed E-state index contributed by atoms with van der Waals surface area (Å²) in [5.74, 6) is -0.772. The van der Waals surface area contributed by atoms with Gasteiger partial charge in [-0.25, -0.2) is 0 Å². The number of rotatable bonds is 3. The van der Waals surface area contributed by atoms with E-state index >= 15 is 0 Å². The van der Waals surface area contributed by atoms with Crippen LogP contribution >= 0.6 is 0 Å². The molecule has 2 aromatic rings. The van der Waals surface area contributed by atoms with E-state index in [2.05, 4.69) is 10.1 Å². The molecule has 0 radical (unpaired) electrons. The Balaban J connectivity index is 2.07. The lowest BCUT2D eigenvalue weighted by atomic mass is 9.87. The summed E-state index contributed by atoms with van der Waals surface area (Å²) in [5, 5.41) is 13.3. The van der Waals surface area contributed by atoms with Crippen LogP contribution in [0.2, 0.25) is 0 Å². The van der Waals surface area contributed by atoms with E-state index < -0.39 is 23.6 Å². The van der Waals surface area contributed by atoms with Gasteiger partial charge < -0.3 is 19.9 Å². The number of anilines is 1. The van der Waals surface area contributed by atoms with E-state index in [1.165, 1.54) is 37.4 Å². The summed E-state index contributed by atoms with van der Waals surface area (Å²) in [6.45, 7) is 0. The van der Waals surface area contributed by atoms with Gasteiger partial charge in [0.2, 0.25) is 0 Å². The van der Waals surface area contributed by atoms with Crippen molar-refractivity contribution >= 4 is 11.6 Å². The van der Waals surface area contributed by atoms with Gasteiger partial charge in [-0.2, -0.15) is 0 Å². The summed E-state index contributed by atoms with van der Waals surface area (Å²) in [6.07, 6.45) is -4.87. The Morgan fingerprint density at radius 3 is 2.29 bits per heavy atom. The molecule has 0 saturated carbocycles. The molecule has 0 fully saturated rings. The Morgan fingerprint density at radius 1 is 1.08 bits per heavy atom. The summed E-state index contributed by atoms with van der Waals surface area (Å²) in [4.78, 5) is 12.2. The number of carbonyl (C=O) groups excluding carboxylic acids is 1. The van der Waals surface area contributed by atoms with Crippen LogP contribution in [-0.2, 0) is 10.4 Å². The number of hydrogen-bond acceptors (Lipinski definition) is 4. The number of aliphatic hydroxyl groups is 1. The van der Waals surface area contributed by atoms with Crippen molar-refractivity contribution in [3.8, 4) is 11.5 Å². The first kappa shape index (κ1) is 16.1. The molecular formula is C16H12F3NO4. The van der Waals surface area contributed by atoms with Gasteiger partial charge in [-0.3, -0.25) is 4.79 Å². The number of benzene rings is 2. The number of amides is 1. The molecule has 3 rings (SSSR count). The third-order valence-corrected chi connectivity index (χ3v) is 3.70. The van der Waals surface area contributed by atoms with Crippen LogP contribution in [0.3, 0.4) is 0 Å². The first-order chi connectivity index (χ1) is 11.2. The molecule has 0 saturated heterocycles. The van der Waals surface area contributed by atoms with E-state index in [-0.39, 0.29) is 16.8 Å². The fourth-order valence-electron chi connectivity index (χ4n) is 2.58. The third kappa shape index (κ3) is 2.65. The van der Waals surface area contributed by atoms with Crippen LogP contribution in [0, 0.1) is 0 Å². The van der Waals surface area contributed by atoms with Crippen LogP contribution in [0.1, 0.15) is 11.1 Å². The Hall–Kier alpha value is -2.74. The fraction of sp³-hybridized carbons (Fsp3) is 0.188. The second-order valence-corrected chi connectivity index (χ2v) is 5.15. The van der Waals surface area contributed by atoms with Gasteiger partial charge in [-0.05, 0) is 35.9 Å². The molecule has 1 heterocycles. The second kappa shape index (κ2) is 5.41. The molecule has 1 unspecified atom stereocenters. The van der Waals surface area contributed by atoms with Crippen molar-refractivity contribution in [2.75, 3.05) is 12.4 Å². The predicted octanol–water partition coefficient (Wildman–Crippen LogP) is 2.78. The standard InChI is InChI=1S/C16H12F3NO4/c1-23-10-4-2-9(3-5-10)15(22)12-8-11(24-16(17,18)19)6-7-13(12)20-14(15)21/h2-8,22H,1H3,(H,20,21). The first-order valence-corrected chi connectivity index (χ1v) is 6.82. The van der Waals surface area contributed by atoms with Crippen LogP contribution < -0.4 is 14.8 Å². The monoisotopic (exact) mass is 339 g/mol. The number of halogens is 3. The quantitative estimate of drug-likeness (QED) is 0.902. The number of hydrogen-bond donors (Lipinski definition) is 2. The Bertz CT molecular complexity index is 789. The van der Waals surface area contributed by atoms with Gasteiger partial charge in [0, 0.05) is 11.3 Å². The van der Waals surface area contributed by atoms with Crippen molar-refractivity contribution in [1.29, 1.82) is 0 Å². The molecule has 0 spiro atoms. The largest absolute Gasteiger partial charge is 0.573 e. The minimum absolute atomic E-state index is 0.0144. The summed E-state index contributed by atoms with van der Waals surface area (Å²) in [7, 11) is 1.46. The second-order valence-electron chi connectivity index (χ2n) is 5.15. The number of carbonyl (C=O) groups is 1. The van der Waals surface area contributed by atoms with Crippen LogP contribution in [0.15, 0.2) is 42.5 Å². The zero-order valence-corrected chi connectivity index (χ0v) is 12.3. The lowest BCUT2D eigenvalue weighted by Crippen LogP contribution is -2.35. The van der Waals surface area contributed by atoms with Crippen molar-refractivity contribution in [2.24, 2.45) is 0 Å². The van der Waals surface area contributed by atoms with Gasteiger partial charge in [0.15, 0.2) is 5.60 Å². The van der Waals surface area contributed by atoms with Gasteiger partial charge in [-0.15, -0.1) is 13.2 Å². The maximum Gasteiger partial charge on any atom is 0.573 e. The summed E-state index contributed by atoms with van der Waals surface area (Å²) < 4.78 is 46.0. The molecule has 8 heteroatoms. The minimum Gasteiger partial charge on any atom is -0.497 e. The molecule has 2 aromatic carbocycles. The lowest BCUT2D eigenvalue weighted by Gasteiger charge is -2.22. The molecule has 0 aliphatic carbocycles. The molecule has 2 N–H and O–H groups in total. The average molecular weight is 339 g/mol. The van der Waals surface area contributed by atoms with Crippen molar-refractivity contribution in [3.05, 3.63) is 53.6 Å². The summed E-state index contributed by atoms with van der Waals surface area (Å²) in [6, 6.07) is 9.30. The number of alkyl halides is 3. The maximum atomic E-state index is 12.4. The predicted molar refractivity (Wildman–Crippen MR) is 77.7 cm³/mol. The minimum atomic E-state index is -4.87. The number of ether oxygens (including phenoxy) is 2. The zero-order chi connectivity index (χ0) is 17.5. The third-order valence-electron chi connectivity index (χ3n) is 3.70. The van der Waals surface area contributed by atoms with Gasteiger partial charge >= 0.3 is 6.36 Å². The number of nitrogens with one attached hydrogen (secondary N) is 1. The molecule has 1 amide bonds. The molecule has 1 aliphatic heterocycles. The molecule has 126 valence electrons. The average Bonchev–Trinajstić information content (AvgIpc) is 2.78. The van der Waals surface area contributed by atoms with Crippen LogP contribution in [0.25, 0.3) is 0 Å². The molecule has 5 nitrogen and oxygen atoms in total. The SMILES string of the molecule is COc1ccc(C2(O)C(=O)Nc3ccc(OC(F)(F)F)cc32)cc1. The van der Waals surface area contributed by atoms with E-state index in [4.69, 9.17) is 4.74 Å². The summed E-state index contributed by atoms with van der Waals surface area (Å²) >= 11 is 0. The van der Waals surface area contributed by atoms with E-state index in [1.54, 1.807) is 0 Å². The fourth-order valence-corrected chi connectivity index (χ4v) is 2.58. The van der Waals surface area contributed by atoms with E-state index in [0.717, 1.165) is 12.1 Å². The van der Waals surface area contributed by atoms with Gasteiger partial charge in [-0.1, -0.05) is 12.1 Å². The first-order valence-electron chi connectivity index (χ1n) is 6.82. The van der Waals surface area contributed by atoms with Gasteiger partial charge in [0.1, 0.15) is 11.5 Å². The van der Waals surface area contributed by atoms with Crippen LogP contribution in [0.5, 0.6) is 11.5 Å². The molecule has 24 heavy (non-hydrogen) atoms. The van der Waals surface area contributed by atoms with Crippen LogP contribution in [0.4, 0.5) is 18.9 Å². The van der Waals surface area contributed by atoms with E-state index in [9.17, 15) is 23.1 Å². The molecule has 0 bridgehead atoms. The molecule has 1 aliphatic rings. The lowest BCUT2D eigenvalue weighted by molar-refractivity contribution is -0.274. The van der Waals surface area contributed by atoms with E-state index in [0.29, 0.717) is 5.75 Å². The van der Waals surface area contributed by atoms with Gasteiger partial charge in [0.05, 0.1) is 7.11 Å². The molecule has 0 aromatic heterocycles. The Labute approximate surface area is 134 Å². The smallest absolute Gasteiger partial charge is 0.497 e. The highest BCUT2D eigenvalue weighted by atomic mass is 19.4. The van der Waals surface area contributed by atoms with Crippen LogP contribution in [-0.4, -0.2) is 24.5 Å². The summed E-state index contributed by atoms with van der Waals surface area (Å²) in [5.41, 5.74) is -1.72. The molecule has 1 atom stereocenters. The zero-order valence-electron chi connectivity index (χ0n) is 12.3. The maximum absolute atomic E-state index is 12.4. The Kier molecular flexibility index (Phi) is 3.64. The highest BCUT2D eigenvalue weighted by Crippen LogP contribution is 2.43. The number of methoxy groups -OCH3 is 1. The highest BCUT2D eigenvalue weighted by molar-refractivity contribution is 6.07. The number of fused-ring (bicyclic) bond motifs is 1. The van der Waals surface area contributed by atoms with Crippen molar-refractivity contribution in [3.63, 3.8) is 0 Å². The van der Waals surface area contributed by atoms with Gasteiger partial charge in [0.25, 0.3) is 5.91 Å². The van der Waals surface area contributed by atoms with Crippen molar-refractivity contribution in [2.45, 2.75) is 12.0 Å². The topological polar surface area (TPSA) is 67.8 Å². The molecular weight excluding hydrogens is 327 g/mol. The van der Waals surface area contributed by atoms with Crippen molar-refractivity contribution < 1.29 is 32.5 Å². The highest BCUT2D eigenvalue weighted by Gasteiger charge is 2.47. The Morgan fingerprint density at radius 2 is 1.71 bits per heavy atom. The normalized spacial score (nSPS) is 19.6. The van der Waals surface area contributed by atoms with Crippen molar-refractivity contribution in [1.82, 2.24) is 0 Å². The van der Waals surface area contributed by atoms with E-state index in [1.807, 2.05) is 0 Å².